The largest absolute Gasteiger partial charge is 0.573 e. The van der Waals surface area contributed by atoms with Gasteiger partial charge in [0, 0.05) is 28.7 Å². The molecule has 0 saturated carbocycles. The summed E-state index contributed by atoms with van der Waals surface area (Å²) in [6, 6.07) is 12.6. The van der Waals surface area contributed by atoms with Crippen molar-refractivity contribution in [2.24, 2.45) is 0 Å². The van der Waals surface area contributed by atoms with Crippen molar-refractivity contribution < 1.29 is 27.4 Å². The highest BCUT2D eigenvalue weighted by Gasteiger charge is 2.31. The quantitative estimate of drug-likeness (QED) is 0.388. The minimum Gasteiger partial charge on any atom is -0.440 e. The van der Waals surface area contributed by atoms with Crippen LogP contribution in [0.5, 0.6) is 5.75 Å². The summed E-state index contributed by atoms with van der Waals surface area (Å²) in [5.74, 6) is 0.497. The van der Waals surface area contributed by atoms with Crippen LogP contribution in [-0.2, 0) is 6.61 Å². The van der Waals surface area contributed by atoms with Gasteiger partial charge in [-0.15, -0.1) is 13.2 Å². The Labute approximate surface area is 183 Å². The molecule has 4 rings (SSSR count). The molecule has 0 amide bonds. The maximum Gasteiger partial charge on any atom is 0.573 e. The van der Waals surface area contributed by atoms with Gasteiger partial charge in [-0.3, -0.25) is 0 Å². The molecule has 160 valence electrons. The van der Waals surface area contributed by atoms with Crippen LogP contribution in [0.3, 0.4) is 0 Å². The molecule has 0 aliphatic carbocycles. The molecule has 0 aliphatic heterocycles. The van der Waals surface area contributed by atoms with E-state index in [4.69, 9.17) is 4.42 Å². The van der Waals surface area contributed by atoms with Crippen LogP contribution < -0.4 is 4.74 Å². The molecule has 0 radical (unpaired) electrons. The van der Waals surface area contributed by atoms with Crippen LogP contribution in [-0.4, -0.2) is 26.2 Å². The van der Waals surface area contributed by atoms with Crippen LogP contribution in [0.15, 0.2) is 63.6 Å². The third kappa shape index (κ3) is 4.64. The summed E-state index contributed by atoms with van der Waals surface area (Å²) >= 11 is 3.46. The van der Waals surface area contributed by atoms with Crippen molar-refractivity contribution in [2.45, 2.75) is 19.9 Å². The smallest absolute Gasteiger partial charge is 0.440 e. The number of ether oxygens (including phenoxy) is 1. The summed E-state index contributed by atoms with van der Waals surface area (Å²) in [5.41, 5.74) is 2.86. The first-order valence-corrected chi connectivity index (χ1v) is 9.82. The lowest BCUT2D eigenvalue weighted by atomic mass is 10.0. The number of aromatic nitrogens is 3. The predicted octanol–water partition coefficient (Wildman–Crippen LogP) is 5.66. The first-order chi connectivity index (χ1) is 14.7. The Morgan fingerprint density at radius 2 is 1.87 bits per heavy atom. The Hall–Kier alpha value is -3.11. The summed E-state index contributed by atoms with van der Waals surface area (Å²) in [6.07, 6.45) is -3.05. The van der Waals surface area contributed by atoms with Crippen LogP contribution in [0.1, 0.15) is 11.6 Å². The number of hydrogen-bond acceptors (Lipinski definition) is 5. The van der Waals surface area contributed by atoms with Crippen LogP contribution in [0, 0.1) is 6.92 Å². The second-order valence-electron chi connectivity index (χ2n) is 6.55. The second-order valence-corrected chi connectivity index (χ2v) is 7.47. The molecule has 0 spiro atoms. The van der Waals surface area contributed by atoms with Gasteiger partial charge in [0.15, 0.2) is 11.7 Å². The molecular weight excluding hydrogens is 479 g/mol. The fourth-order valence-corrected chi connectivity index (χ4v) is 3.45. The van der Waals surface area contributed by atoms with Crippen LogP contribution in [0.4, 0.5) is 13.2 Å². The maximum atomic E-state index is 12.4. The Bertz CT molecular complexity index is 1220. The van der Waals surface area contributed by atoms with Gasteiger partial charge in [-0.2, -0.15) is 5.10 Å². The number of aryl methyl sites for hydroxylation is 1. The molecule has 0 aliphatic rings. The molecule has 6 nitrogen and oxygen atoms in total. The first kappa shape index (κ1) is 21.1. The van der Waals surface area contributed by atoms with Gasteiger partial charge in [0.25, 0.3) is 0 Å². The molecule has 0 unspecified atom stereocenters. The molecule has 0 bridgehead atoms. The summed E-state index contributed by atoms with van der Waals surface area (Å²) in [4.78, 5) is 4.43. The van der Waals surface area contributed by atoms with E-state index in [1.807, 2.05) is 18.2 Å². The number of rotatable bonds is 5. The maximum absolute atomic E-state index is 12.4. The fourth-order valence-electron chi connectivity index (χ4n) is 3.09. The Morgan fingerprint density at radius 3 is 2.52 bits per heavy atom. The third-order valence-electron chi connectivity index (χ3n) is 4.35. The Kier molecular flexibility index (Phi) is 5.59. The Balaban J connectivity index is 1.80. The molecule has 31 heavy (non-hydrogen) atoms. The van der Waals surface area contributed by atoms with Crippen molar-refractivity contribution in [1.29, 1.82) is 0 Å². The molecule has 0 saturated heterocycles. The summed E-state index contributed by atoms with van der Waals surface area (Å²) in [6.45, 7) is 1.49. The molecule has 4 aromatic rings. The van der Waals surface area contributed by atoms with Crippen molar-refractivity contribution in [1.82, 2.24) is 14.8 Å². The second kappa shape index (κ2) is 8.20. The zero-order valence-electron chi connectivity index (χ0n) is 16.0. The molecule has 10 heteroatoms. The lowest BCUT2D eigenvalue weighted by Crippen LogP contribution is -2.16. The average Bonchev–Trinajstić information content (AvgIpc) is 3.34. The number of alkyl halides is 3. The monoisotopic (exact) mass is 493 g/mol. The van der Waals surface area contributed by atoms with E-state index in [9.17, 15) is 18.3 Å². The Morgan fingerprint density at radius 1 is 1.13 bits per heavy atom. The topological polar surface area (TPSA) is 73.3 Å². The van der Waals surface area contributed by atoms with Gasteiger partial charge in [0.2, 0.25) is 0 Å². The number of aliphatic hydroxyl groups is 1. The lowest BCUT2D eigenvalue weighted by Gasteiger charge is -2.11. The fraction of sp³-hybridized carbons (Fsp3) is 0.143. The normalized spacial score (nSPS) is 11.7. The summed E-state index contributed by atoms with van der Waals surface area (Å²) < 4.78 is 49.6. The van der Waals surface area contributed by atoms with Gasteiger partial charge in [0.05, 0.1) is 18.0 Å². The molecule has 2 heterocycles. The highest BCUT2D eigenvalue weighted by Crippen LogP contribution is 2.38. The molecule has 2 aromatic carbocycles. The number of nitrogens with zero attached hydrogens (tertiary/aromatic N) is 3. The standard InChI is InChI=1S/C21H15BrF3N3O3/c1-12-26-19(13-2-5-16(6-3-13)31-21(23,24)25)20(30-12)17-10-14(22)4-7-18(17)28-9-8-15(11-29)27-28/h2-10,29H,11H2,1H3. The number of benzene rings is 2. The minimum atomic E-state index is -4.76. The minimum absolute atomic E-state index is 0.197. The van der Waals surface area contributed by atoms with E-state index < -0.39 is 6.36 Å². The van der Waals surface area contributed by atoms with E-state index in [0.29, 0.717) is 39.9 Å². The van der Waals surface area contributed by atoms with Gasteiger partial charge < -0.3 is 14.3 Å². The summed E-state index contributed by atoms with van der Waals surface area (Å²) in [5, 5.41) is 13.7. The van der Waals surface area contributed by atoms with Crippen molar-refractivity contribution >= 4 is 15.9 Å². The van der Waals surface area contributed by atoms with E-state index >= 15 is 0 Å². The molecular formula is C21H15BrF3N3O3. The number of halogens is 4. The molecule has 2 aromatic heterocycles. The van der Waals surface area contributed by atoms with E-state index in [1.165, 1.54) is 24.3 Å². The molecule has 0 fully saturated rings. The van der Waals surface area contributed by atoms with E-state index in [1.54, 1.807) is 23.9 Å². The van der Waals surface area contributed by atoms with Crippen LogP contribution in [0.25, 0.3) is 28.3 Å². The van der Waals surface area contributed by atoms with Gasteiger partial charge >= 0.3 is 6.36 Å². The highest BCUT2D eigenvalue weighted by molar-refractivity contribution is 9.10. The SMILES string of the molecule is Cc1nc(-c2ccc(OC(F)(F)F)cc2)c(-c2cc(Br)ccc2-n2ccc(CO)n2)o1. The predicted molar refractivity (Wildman–Crippen MR) is 110 cm³/mol. The number of aliphatic hydroxyl groups excluding tert-OH is 1. The highest BCUT2D eigenvalue weighted by atomic mass is 79.9. The van der Waals surface area contributed by atoms with Crippen molar-refractivity contribution in [3.05, 3.63) is 70.8 Å². The number of hydrogen-bond donors (Lipinski definition) is 1. The lowest BCUT2D eigenvalue weighted by molar-refractivity contribution is -0.274. The first-order valence-electron chi connectivity index (χ1n) is 9.03. The summed E-state index contributed by atoms with van der Waals surface area (Å²) in [7, 11) is 0. The number of oxazole rings is 1. The van der Waals surface area contributed by atoms with Gasteiger partial charge in [0.1, 0.15) is 11.4 Å². The third-order valence-corrected chi connectivity index (χ3v) is 4.85. The zero-order valence-corrected chi connectivity index (χ0v) is 17.6. The van der Waals surface area contributed by atoms with Gasteiger partial charge in [-0.05, 0) is 48.5 Å². The van der Waals surface area contributed by atoms with Crippen LogP contribution in [0.2, 0.25) is 0 Å². The van der Waals surface area contributed by atoms with E-state index in [0.717, 1.165) is 4.47 Å². The van der Waals surface area contributed by atoms with E-state index in [-0.39, 0.29) is 12.4 Å². The van der Waals surface area contributed by atoms with Gasteiger partial charge in [-0.1, -0.05) is 15.9 Å². The zero-order chi connectivity index (χ0) is 22.2. The van der Waals surface area contributed by atoms with E-state index in [2.05, 4.69) is 30.7 Å². The van der Waals surface area contributed by atoms with Crippen molar-refractivity contribution in [2.75, 3.05) is 0 Å². The van der Waals surface area contributed by atoms with Crippen molar-refractivity contribution in [3.8, 4) is 34.0 Å². The molecule has 0 atom stereocenters. The molecule has 1 N–H and O–H groups in total. The van der Waals surface area contributed by atoms with Crippen molar-refractivity contribution in [3.63, 3.8) is 0 Å². The van der Waals surface area contributed by atoms with Gasteiger partial charge in [-0.25, -0.2) is 9.67 Å². The van der Waals surface area contributed by atoms with Crippen LogP contribution >= 0.6 is 15.9 Å². The average molecular weight is 494 g/mol.